The van der Waals surface area contributed by atoms with Crippen molar-refractivity contribution in [3.8, 4) is 11.5 Å². The third kappa shape index (κ3) is 3.30. The van der Waals surface area contributed by atoms with E-state index >= 15 is 0 Å². The van der Waals surface area contributed by atoms with E-state index < -0.39 is 5.66 Å². The Morgan fingerprint density at radius 1 is 0.964 bits per heavy atom. The monoisotopic (exact) mass is 377 g/mol. The second-order valence-electron chi connectivity index (χ2n) is 7.61. The molecule has 1 spiro atoms. The minimum atomic E-state index is -0.427. The highest BCUT2D eigenvalue weighted by Gasteiger charge is 2.42. The first-order valence-corrected chi connectivity index (χ1v) is 9.82. The molecule has 1 aliphatic heterocycles. The lowest BCUT2D eigenvalue weighted by atomic mass is 9.87. The SMILES string of the molecule is Cc1cccc(Oc2ccc(N3C(N)=NC(N)=NC34CCCCC4)cc2)c1C. The van der Waals surface area contributed by atoms with Crippen LogP contribution in [-0.4, -0.2) is 17.6 Å². The van der Waals surface area contributed by atoms with Crippen LogP contribution in [0.1, 0.15) is 43.2 Å². The van der Waals surface area contributed by atoms with Crippen LogP contribution < -0.4 is 21.1 Å². The summed E-state index contributed by atoms with van der Waals surface area (Å²) in [5, 5.41) is 0. The summed E-state index contributed by atoms with van der Waals surface area (Å²) in [7, 11) is 0. The largest absolute Gasteiger partial charge is 0.457 e. The molecule has 0 saturated heterocycles. The smallest absolute Gasteiger partial charge is 0.220 e. The van der Waals surface area contributed by atoms with Gasteiger partial charge in [0.25, 0.3) is 0 Å². The molecule has 4 rings (SSSR count). The molecule has 2 aliphatic rings. The maximum Gasteiger partial charge on any atom is 0.220 e. The van der Waals surface area contributed by atoms with E-state index in [1.807, 2.05) is 41.3 Å². The Labute approximate surface area is 165 Å². The highest BCUT2D eigenvalue weighted by Crippen LogP contribution is 2.40. The standard InChI is InChI=1S/C22H27N5O/c1-15-7-6-8-19(16(15)2)28-18-11-9-17(10-12-18)27-21(24)25-20(23)26-22(27)13-4-3-5-14-22/h6-12H,3-5,13-14H2,1-2H3,(H4,23,24,25,26). The van der Waals surface area contributed by atoms with Gasteiger partial charge in [-0.3, -0.25) is 4.90 Å². The quantitative estimate of drug-likeness (QED) is 0.839. The normalized spacial score (nSPS) is 18.6. The number of rotatable bonds is 3. The summed E-state index contributed by atoms with van der Waals surface area (Å²) in [6.45, 7) is 4.15. The minimum Gasteiger partial charge on any atom is -0.457 e. The fourth-order valence-electron chi connectivity index (χ4n) is 4.12. The summed E-state index contributed by atoms with van der Waals surface area (Å²) in [6, 6.07) is 14.0. The molecule has 2 aromatic carbocycles. The lowest BCUT2D eigenvalue weighted by Gasteiger charge is -2.45. The Kier molecular flexibility index (Phi) is 4.71. The van der Waals surface area contributed by atoms with Gasteiger partial charge in [0.1, 0.15) is 17.2 Å². The minimum absolute atomic E-state index is 0.269. The molecule has 28 heavy (non-hydrogen) atoms. The highest BCUT2D eigenvalue weighted by molar-refractivity contribution is 6.05. The van der Waals surface area contributed by atoms with Crippen molar-refractivity contribution in [3.05, 3.63) is 53.6 Å². The summed E-state index contributed by atoms with van der Waals surface area (Å²) in [5.41, 5.74) is 15.1. The Hall–Kier alpha value is -3.02. The van der Waals surface area contributed by atoms with Crippen molar-refractivity contribution in [2.75, 3.05) is 4.90 Å². The molecule has 1 fully saturated rings. The predicted octanol–water partition coefficient (Wildman–Crippen LogP) is 4.21. The molecule has 2 aromatic rings. The summed E-state index contributed by atoms with van der Waals surface area (Å²) in [5.74, 6) is 2.32. The lowest BCUT2D eigenvalue weighted by molar-refractivity contribution is 0.305. The van der Waals surface area contributed by atoms with Crippen molar-refractivity contribution in [2.45, 2.75) is 51.6 Å². The third-order valence-corrected chi connectivity index (χ3v) is 5.73. The first kappa shape index (κ1) is 18.3. The van der Waals surface area contributed by atoms with E-state index in [4.69, 9.17) is 21.2 Å². The van der Waals surface area contributed by atoms with Gasteiger partial charge >= 0.3 is 0 Å². The van der Waals surface area contributed by atoms with Gasteiger partial charge in [-0.05, 0) is 81.0 Å². The van der Waals surface area contributed by atoms with E-state index in [0.717, 1.165) is 48.4 Å². The molecule has 0 amide bonds. The number of aliphatic imine (C=N–C) groups is 2. The highest BCUT2D eigenvalue weighted by atomic mass is 16.5. The molecule has 0 atom stereocenters. The number of anilines is 1. The van der Waals surface area contributed by atoms with Gasteiger partial charge in [-0.2, -0.15) is 4.99 Å². The van der Waals surface area contributed by atoms with Gasteiger partial charge in [0.15, 0.2) is 0 Å². The molecule has 4 N–H and O–H groups in total. The zero-order valence-corrected chi connectivity index (χ0v) is 16.5. The average molecular weight is 377 g/mol. The molecular weight excluding hydrogens is 350 g/mol. The molecule has 1 heterocycles. The number of hydrogen-bond donors (Lipinski definition) is 2. The molecule has 1 aliphatic carbocycles. The summed E-state index contributed by atoms with van der Waals surface area (Å²) < 4.78 is 6.09. The molecule has 0 bridgehead atoms. The lowest BCUT2D eigenvalue weighted by Crippen LogP contribution is -2.58. The number of benzene rings is 2. The van der Waals surface area contributed by atoms with Crippen LogP contribution in [0.25, 0.3) is 0 Å². The van der Waals surface area contributed by atoms with Gasteiger partial charge < -0.3 is 16.2 Å². The molecule has 1 saturated carbocycles. The Balaban J connectivity index is 1.62. The Bertz CT molecular complexity index is 926. The van der Waals surface area contributed by atoms with Crippen molar-refractivity contribution in [1.29, 1.82) is 0 Å². The molecule has 146 valence electrons. The summed E-state index contributed by atoms with van der Waals surface area (Å²) in [6.07, 6.45) is 5.27. The van der Waals surface area contributed by atoms with E-state index in [-0.39, 0.29) is 5.96 Å². The molecule has 0 radical (unpaired) electrons. The van der Waals surface area contributed by atoms with Crippen molar-refractivity contribution in [1.82, 2.24) is 0 Å². The van der Waals surface area contributed by atoms with Gasteiger partial charge in [-0.25, -0.2) is 4.99 Å². The van der Waals surface area contributed by atoms with E-state index in [1.165, 1.54) is 12.0 Å². The van der Waals surface area contributed by atoms with E-state index in [1.54, 1.807) is 0 Å². The fraction of sp³-hybridized carbons (Fsp3) is 0.364. The predicted molar refractivity (Wildman–Crippen MR) is 114 cm³/mol. The van der Waals surface area contributed by atoms with Crippen molar-refractivity contribution >= 4 is 17.6 Å². The second-order valence-corrected chi connectivity index (χ2v) is 7.61. The van der Waals surface area contributed by atoms with E-state index in [2.05, 4.69) is 24.9 Å². The van der Waals surface area contributed by atoms with E-state index in [9.17, 15) is 0 Å². The number of ether oxygens (including phenoxy) is 1. The van der Waals surface area contributed by atoms with E-state index in [0.29, 0.717) is 5.96 Å². The molecule has 6 nitrogen and oxygen atoms in total. The number of nitrogens with two attached hydrogens (primary N) is 2. The Morgan fingerprint density at radius 2 is 1.68 bits per heavy atom. The summed E-state index contributed by atoms with van der Waals surface area (Å²) >= 11 is 0. The number of aryl methyl sites for hydroxylation is 1. The van der Waals surface area contributed by atoms with Gasteiger partial charge in [0.2, 0.25) is 11.9 Å². The van der Waals surface area contributed by atoms with Gasteiger partial charge in [-0.1, -0.05) is 18.6 Å². The van der Waals surface area contributed by atoms with Crippen LogP contribution in [0.2, 0.25) is 0 Å². The van der Waals surface area contributed by atoms with Crippen molar-refractivity contribution in [3.63, 3.8) is 0 Å². The molecular formula is C22H27N5O. The van der Waals surface area contributed by atoms with Gasteiger partial charge in [0, 0.05) is 5.69 Å². The van der Waals surface area contributed by atoms with Crippen molar-refractivity contribution in [2.24, 2.45) is 21.5 Å². The summed E-state index contributed by atoms with van der Waals surface area (Å²) in [4.78, 5) is 11.0. The number of nitrogens with zero attached hydrogens (tertiary/aromatic N) is 3. The van der Waals surface area contributed by atoms with Gasteiger partial charge in [-0.15, -0.1) is 0 Å². The molecule has 0 unspecified atom stereocenters. The maximum atomic E-state index is 6.29. The van der Waals surface area contributed by atoms with Crippen molar-refractivity contribution < 1.29 is 4.74 Å². The molecule has 0 aromatic heterocycles. The molecule has 6 heteroatoms. The average Bonchev–Trinajstić information content (AvgIpc) is 2.67. The topological polar surface area (TPSA) is 89.2 Å². The van der Waals surface area contributed by atoms with Crippen LogP contribution in [0, 0.1) is 13.8 Å². The fourth-order valence-corrected chi connectivity index (χ4v) is 4.12. The second kappa shape index (κ2) is 7.19. The first-order valence-electron chi connectivity index (χ1n) is 9.82. The Morgan fingerprint density at radius 3 is 2.39 bits per heavy atom. The van der Waals surface area contributed by atoms with Crippen LogP contribution >= 0.6 is 0 Å². The number of guanidine groups is 2. The maximum absolute atomic E-state index is 6.29. The van der Waals surface area contributed by atoms with Crippen LogP contribution in [-0.2, 0) is 0 Å². The zero-order chi connectivity index (χ0) is 19.7. The van der Waals surface area contributed by atoms with Crippen LogP contribution in [0.3, 0.4) is 0 Å². The third-order valence-electron chi connectivity index (χ3n) is 5.73. The number of hydrogen-bond acceptors (Lipinski definition) is 6. The van der Waals surface area contributed by atoms with Crippen LogP contribution in [0.15, 0.2) is 52.4 Å². The first-order chi connectivity index (χ1) is 13.5. The van der Waals surface area contributed by atoms with Crippen LogP contribution in [0.4, 0.5) is 5.69 Å². The van der Waals surface area contributed by atoms with Gasteiger partial charge in [0.05, 0.1) is 0 Å². The van der Waals surface area contributed by atoms with Crippen LogP contribution in [0.5, 0.6) is 11.5 Å². The zero-order valence-electron chi connectivity index (χ0n) is 16.5.